The van der Waals surface area contributed by atoms with Gasteiger partial charge in [0, 0.05) is 26.3 Å². The van der Waals surface area contributed by atoms with Crippen molar-refractivity contribution in [3.05, 3.63) is 23.2 Å². The second-order valence-corrected chi connectivity index (χ2v) is 7.21. The molecule has 2 rings (SSSR count). The molecule has 1 amide bonds. The van der Waals surface area contributed by atoms with E-state index in [0.29, 0.717) is 11.9 Å². The first kappa shape index (κ1) is 19.3. The number of rotatable bonds is 9. The van der Waals surface area contributed by atoms with Crippen molar-refractivity contribution in [3.8, 4) is 0 Å². The highest BCUT2D eigenvalue weighted by Gasteiger charge is 2.09. The number of nitrogens with one attached hydrogen (secondary N) is 2. The summed E-state index contributed by atoms with van der Waals surface area (Å²) in [5.74, 6) is 4.54. The molecule has 0 atom stereocenters. The predicted octanol–water partition coefficient (Wildman–Crippen LogP) is 2.08. The highest BCUT2D eigenvalue weighted by Crippen LogP contribution is 2.20. The van der Waals surface area contributed by atoms with Gasteiger partial charge in [0.25, 0.3) is 5.95 Å². The fraction of sp³-hybridized carbons (Fsp3) is 0.562. The van der Waals surface area contributed by atoms with Gasteiger partial charge in [-0.1, -0.05) is 0 Å². The Morgan fingerprint density at radius 1 is 1.44 bits per heavy atom. The Morgan fingerprint density at radius 2 is 2.20 bits per heavy atom. The van der Waals surface area contributed by atoms with Crippen LogP contribution in [0.1, 0.15) is 24.0 Å². The van der Waals surface area contributed by atoms with E-state index in [1.807, 2.05) is 14.1 Å². The number of thioether (sulfide) groups is 1. The minimum absolute atomic E-state index is 0.185. The van der Waals surface area contributed by atoms with Crippen molar-refractivity contribution >= 4 is 29.6 Å². The molecule has 2 aromatic heterocycles. The third-order valence-corrected chi connectivity index (χ3v) is 4.34. The molecule has 9 heteroatoms. The fourth-order valence-electron chi connectivity index (χ4n) is 2.26. The minimum atomic E-state index is -0.185. The van der Waals surface area contributed by atoms with Crippen LogP contribution in [0.2, 0.25) is 0 Å². The van der Waals surface area contributed by atoms with Gasteiger partial charge in [-0.15, -0.1) is 5.10 Å². The van der Waals surface area contributed by atoms with Crippen LogP contribution in [0.5, 0.6) is 0 Å². The van der Waals surface area contributed by atoms with Crippen LogP contribution >= 0.6 is 11.8 Å². The van der Waals surface area contributed by atoms with E-state index in [-0.39, 0.29) is 5.91 Å². The molecule has 0 aliphatic carbocycles. The molecule has 2 N–H and O–H groups in total. The summed E-state index contributed by atoms with van der Waals surface area (Å²) in [6.07, 6.45) is 0. The average molecular weight is 366 g/mol. The first-order chi connectivity index (χ1) is 11.8. The quantitative estimate of drug-likeness (QED) is 0.657. The van der Waals surface area contributed by atoms with Gasteiger partial charge in [0.2, 0.25) is 11.9 Å². The van der Waals surface area contributed by atoms with Gasteiger partial charge in [0.1, 0.15) is 11.5 Å². The summed E-state index contributed by atoms with van der Waals surface area (Å²) in [7, 11) is 5.85. The highest BCUT2D eigenvalue weighted by atomic mass is 32.2. The van der Waals surface area contributed by atoms with E-state index in [1.165, 1.54) is 12.5 Å². The zero-order chi connectivity index (χ0) is 18.4. The smallest absolute Gasteiger partial charge is 0.250 e. The maximum atomic E-state index is 11.0. The number of hydrogen-bond donors (Lipinski definition) is 2. The van der Waals surface area contributed by atoms with E-state index in [4.69, 9.17) is 4.42 Å². The number of carbonyl (C=O) groups excluding carboxylic acids is 1. The zero-order valence-corrected chi connectivity index (χ0v) is 16.2. The van der Waals surface area contributed by atoms with Gasteiger partial charge in [-0.05, 0) is 32.6 Å². The zero-order valence-electron chi connectivity index (χ0n) is 15.4. The number of amides is 1. The van der Waals surface area contributed by atoms with Gasteiger partial charge >= 0.3 is 0 Å². The maximum absolute atomic E-state index is 11.0. The molecule has 0 aliphatic heterocycles. The Hall–Kier alpha value is -2.00. The first-order valence-electron chi connectivity index (χ1n) is 8.08. The monoisotopic (exact) mass is 366 g/mol. The molecule has 25 heavy (non-hydrogen) atoms. The molecule has 0 fully saturated rings. The van der Waals surface area contributed by atoms with Crippen LogP contribution < -0.4 is 10.6 Å². The van der Waals surface area contributed by atoms with Gasteiger partial charge in [0.05, 0.1) is 12.3 Å². The number of aromatic nitrogens is 3. The van der Waals surface area contributed by atoms with Crippen LogP contribution in [0.15, 0.2) is 10.5 Å². The molecule has 0 bridgehead atoms. The van der Waals surface area contributed by atoms with Crippen molar-refractivity contribution < 1.29 is 9.21 Å². The van der Waals surface area contributed by atoms with E-state index in [1.54, 1.807) is 23.5 Å². The Kier molecular flexibility index (Phi) is 6.89. The molecule has 0 spiro atoms. The molecule has 0 unspecified atom stereocenters. The average Bonchev–Trinajstić information content (AvgIpc) is 3.01. The lowest BCUT2D eigenvalue weighted by atomic mass is 10.2. The van der Waals surface area contributed by atoms with Crippen molar-refractivity contribution in [2.45, 2.75) is 26.1 Å². The van der Waals surface area contributed by atoms with Crippen LogP contribution in [-0.2, 0) is 24.1 Å². The lowest BCUT2D eigenvalue weighted by molar-refractivity contribution is -0.114. The van der Waals surface area contributed by atoms with E-state index >= 15 is 0 Å². The van der Waals surface area contributed by atoms with Crippen LogP contribution in [0.3, 0.4) is 0 Å². The van der Waals surface area contributed by atoms with Crippen molar-refractivity contribution in [2.24, 2.45) is 7.05 Å². The van der Waals surface area contributed by atoms with Gasteiger partial charge < -0.3 is 14.6 Å². The topological polar surface area (TPSA) is 88.2 Å². The van der Waals surface area contributed by atoms with Crippen LogP contribution in [0.4, 0.5) is 11.9 Å². The van der Waals surface area contributed by atoms with Crippen molar-refractivity contribution in [3.63, 3.8) is 0 Å². The van der Waals surface area contributed by atoms with Crippen molar-refractivity contribution in [1.29, 1.82) is 0 Å². The van der Waals surface area contributed by atoms with Gasteiger partial charge in [-0.2, -0.15) is 16.7 Å². The number of carbonyl (C=O) groups is 1. The number of anilines is 2. The summed E-state index contributed by atoms with van der Waals surface area (Å²) < 4.78 is 7.51. The van der Waals surface area contributed by atoms with E-state index in [0.717, 1.165) is 36.1 Å². The molecule has 8 nitrogen and oxygen atoms in total. The van der Waals surface area contributed by atoms with Gasteiger partial charge in [0.15, 0.2) is 0 Å². The maximum Gasteiger partial charge on any atom is 0.250 e. The number of furan rings is 1. The third-order valence-electron chi connectivity index (χ3n) is 3.36. The normalized spacial score (nSPS) is 11.1. The molecule has 2 aromatic rings. The molecule has 2 heterocycles. The molecule has 0 radical (unpaired) electrons. The molecular formula is C16H26N6O2S. The molecule has 138 valence electrons. The summed E-state index contributed by atoms with van der Waals surface area (Å²) in [5, 5.41) is 9.90. The lowest BCUT2D eigenvalue weighted by Gasteiger charge is -2.07. The Labute approximate surface area is 152 Å². The van der Waals surface area contributed by atoms with Crippen LogP contribution in [-0.4, -0.2) is 52.0 Å². The third kappa shape index (κ3) is 6.09. The fourth-order valence-corrected chi connectivity index (χ4v) is 3.00. The van der Waals surface area contributed by atoms with E-state index in [2.05, 4.69) is 38.6 Å². The second-order valence-electron chi connectivity index (χ2n) is 6.10. The number of aryl methyl sites for hydroxylation is 2. The summed E-state index contributed by atoms with van der Waals surface area (Å²) in [6.45, 7) is 5.08. The molecule has 0 aliphatic rings. The Balaban J connectivity index is 1.73. The SMILES string of the molecule is CC(=O)Nc1nc(NCCSCc2cc(C)c(CN(C)C)o2)n(C)n1. The summed E-state index contributed by atoms with van der Waals surface area (Å²) >= 11 is 1.79. The number of hydrogen-bond acceptors (Lipinski definition) is 7. The lowest BCUT2D eigenvalue weighted by Crippen LogP contribution is -2.10. The number of nitrogens with zero attached hydrogens (tertiary/aromatic N) is 4. The second kappa shape index (κ2) is 8.91. The molecule has 0 saturated heterocycles. The predicted molar refractivity (Wildman–Crippen MR) is 101 cm³/mol. The molecular weight excluding hydrogens is 340 g/mol. The Bertz CT molecular complexity index is 710. The first-order valence-corrected chi connectivity index (χ1v) is 9.23. The van der Waals surface area contributed by atoms with Gasteiger partial charge in [-0.3, -0.25) is 10.1 Å². The Morgan fingerprint density at radius 3 is 2.88 bits per heavy atom. The highest BCUT2D eigenvalue weighted by molar-refractivity contribution is 7.98. The minimum Gasteiger partial charge on any atom is -0.464 e. The molecule has 0 aromatic carbocycles. The van der Waals surface area contributed by atoms with Crippen molar-refractivity contribution in [1.82, 2.24) is 19.7 Å². The molecule has 0 saturated carbocycles. The van der Waals surface area contributed by atoms with Gasteiger partial charge in [-0.25, -0.2) is 4.68 Å². The van der Waals surface area contributed by atoms with Crippen LogP contribution in [0.25, 0.3) is 0 Å². The standard InChI is InChI=1S/C16H26N6O2S/c1-11-8-13(24-14(11)9-21(3)4)10-25-7-6-17-16-19-15(18-12(2)23)20-22(16)5/h8H,6-7,9-10H2,1-5H3,(H2,17,18,19,20,23). The van der Waals surface area contributed by atoms with Crippen LogP contribution in [0, 0.1) is 6.92 Å². The summed E-state index contributed by atoms with van der Waals surface area (Å²) in [4.78, 5) is 17.3. The summed E-state index contributed by atoms with van der Waals surface area (Å²) in [5.41, 5.74) is 1.20. The van der Waals surface area contributed by atoms with E-state index in [9.17, 15) is 4.79 Å². The van der Waals surface area contributed by atoms with Crippen molar-refractivity contribution in [2.75, 3.05) is 37.0 Å². The largest absolute Gasteiger partial charge is 0.464 e. The van der Waals surface area contributed by atoms with E-state index < -0.39 is 0 Å². The summed E-state index contributed by atoms with van der Waals surface area (Å²) in [6, 6.07) is 2.11.